The molecule has 3 aliphatic heterocycles. The lowest BCUT2D eigenvalue weighted by Crippen LogP contribution is -2.59. The minimum atomic E-state index is -0.0807. The van der Waals surface area contributed by atoms with Crippen LogP contribution in [0.3, 0.4) is 0 Å². The van der Waals surface area contributed by atoms with Gasteiger partial charge in [0.25, 0.3) is 11.8 Å². The molecule has 2 saturated heterocycles. The molecule has 4 heterocycles. The van der Waals surface area contributed by atoms with Gasteiger partial charge in [0.2, 0.25) is 5.76 Å². The zero-order valence-electron chi connectivity index (χ0n) is 15.5. The summed E-state index contributed by atoms with van der Waals surface area (Å²) in [5, 5.41) is 3.14. The van der Waals surface area contributed by atoms with E-state index in [-0.39, 0.29) is 29.9 Å². The normalized spacial score (nSPS) is 27.4. The van der Waals surface area contributed by atoms with E-state index in [1.165, 1.54) is 0 Å². The molecule has 0 aliphatic carbocycles. The number of amides is 2. The van der Waals surface area contributed by atoms with Crippen LogP contribution in [0, 0.1) is 0 Å². The second-order valence-corrected chi connectivity index (χ2v) is 7.41. The quantitative estimate of drug-likeness (QED) is 0.879. The Morgan fingerprint density at radius 3 is 2.44 bits per heavy atom. The summed E-state index contributed by atoms with van der Waals surface area (Å²) in [6.07, 6.45) is 7.80. The van der Waals surface area contributed by atoms with Gasteiger partial charge in [-0.3, -0.25) is 14.6 Å². The van der Waals surface area contributed by atoms with Crippen molar-refractivity contribution in [2.24, 2.45) is 0 Å². The number of pyridine rings is 1. The first kappa shape index (κ1) is 17.8. The van der Waals surface area contributed by atoms with E-state index in [4.69, 9.17) is 9.47 Å². The van der Waals surface area contributed by atoms with Crippen molar-refractivity contribution in [2.45, 2.75) is 57.2 Å². The van der Waals surface area contributed by atoms with Crippen molar-refractivity contribution in [3.63, 3.8) is 0 Å². The van der Waals surface area contributed by atoms with Gasteiger partial charge in [0, 0.05) is 36.1 Å². The van der Waals surface area contributed by atoms with Gasteiger partial charge in [0.15, 0.2) is 0 Å². The molecule has 7 nitrogen and oxygen atoms in total. The van der Waals surface area contributed by atoms with Crippen LogP contribution in [0.1, 0.15) is 49.4 Å². The Morgan fingerprint density at radius 1 is 1.11 bits per heavy atom. The van der Waals surface area contributed by atoms with E-state index >= 15 is 0 Å². The van der Waals surface area contributed by atoms with Crippen LogP contribution in [-0.4, -0.2) is 53.0 Å². The van der Waals surface area contributed by atoms with Gasteiger partial charge in [-0.05, 0) is 51.2 Å². The van der Waals surface area contributed by atoms with Gasteiger partial charge in [-0.15, -0.1) is 0 Å². The summed E-state index contributed by atoms with van der Waals surface area (Å²) < 4.78 is 11.1. The molecular weight excluding hydrogens is 346 g/mol. The van der Waals surface area contributed by atoms with Crippen LogP contribution in [0.2, 0.25) is 0 Å². The van der Waals surface area contributed by atoms with Gasteiger partial charge in [0.05, 0.1) is 0 Å². The van der Waals surface area contributed by atoms with E-state index in [1.54, 1.807) is 31.5 Å². The number of fused-ring (bicyclic) bond motifs is 2. The van der Waals surface area contributed by atoms with E-state index in [0.717, 1.165) is 32.1 Å². The highest BCUT2D eigenvalue weighted by atomic mass is 16.6. The first-order valence-electron chi connectivity index (χ1n) is 9.63. The predicted octanol–water partition coefficient (Wildman–Crippen LogP) is 2.00. The summed E-state index contributed by atoms with van der Waals surface area (Å²) in [5.74, 6) is 0.762. The van der Waals surface area contributed by atoms with Gasteiger partial charge in [-0.1, -0.05) is 0 Å². The van der Waals surface area contributed by atoms with Crippen LogP contribution in [-0.2, 0) is 14.3 Å². The third kappa shape index (κ3) is 3.63. The Bertz CT molecular complexity index is 735. The maximum absolute atomic E-state index is 13.1. The van der Waals surface area contributed by atoms with Crippen LogP contribution >= 0.6 is 0 Å². The number of nitrogens with one attached hydrogen (secondary N) is 1. The fourth-order valence-electron chi connectivity index (χ4n) is 4.44. The average Bonchev–Trinajstić information content (AvgIpc) is 2.68. The molecule has 1 unspecified atom stereocenters. The molecule has 2 fully saturated rings. The van der Waals surface area contributed by atoms with Crippen LogP contribution in [0.5, 0.6) is 0 Å². The molecule has 4 rings (SSSR count). The summed E-state index contributed by atoms with van der Waals surface area (Å²) >= 11 is 0. The van der Waals surface area contributed by atoms with Crippen molar-refractivity contribution in [3.8, 4) is 0 Å². The first-order chi connectivity index (χ1) is 13.1. The Morgan fingerprint density at radius 2 is 1.78 bits per heavy atom. The van der Waals surface area contributed by atoms with Crippen LogP contribution in [0.4, 0.5) is 0 Å². The van der Waals surface area contributed by atoms with Crippen molar-refractivity contribution >= 4 is 11.8 Å². The number of hydrogen-bond acceptors (Lipinski definition) is 5. The third-order valence-electron chi connectivity index (χ3n) is 5.65. The minimum Gasteiger partial charge on any atom is -0.491 e. The number of ether oxygens (including phenoxy) is 2. The number of aromatic nitrogens is 1. The summed E-state index contributed by atoms with van der Waals surface area (Å²) in [5.41, 5.74) is 0.613. The van der Waals surface area contributed by atoms with E-state index in [9.17, 15) is 9.59 Å². The molecule has 7 heteroatoms. The van der Waals surface area contributed by atoms with Crippen LogP contribution in [0.25, 0.3) is 0 Å². The summed E-state index contributed by atoms with van der Waals surface area (Å²) in [6, 6.07) is 3.75. The standard InChI is InChI=1S/C20H25N3O4/c1-13-18(27-10-9-26-13)20(25)23-16-3-2-4-17(23)12-15(11-16)22-19(24)14-5-7-21-8-6-14/h5-8,15-17H,2-4,9-12H2,1H3,(H,22,24)/t15?,16-,17+. The van der Waals surface area contributed by atoms with Crippen LogP contribution < -0.4 is 5.32 Å². The SMILES string of the molecule is CC1=C(C(=O)N2[C@@H]3CCC[C@H]2CC(NC(=O)c2ccncc2)C3)OCCO1. The molecule has 27 heavy (non-hydrogen) atoms. The van der Waals surface area contributed by atoms with E-state index in [2.05, 4.69) is 10.3 Å². The molecule has 144 valence electrons. The third-order valence-corrected chi connectivity index (χ3v) is 5.65. The first-order valence-corrected chi connectivity index (χ1v) is 9.63. The zero-order valence-corrected chi connectivity index (χ0v) is 15.5. The number of allylic oxidation sites excluding steroid dienone is 1. The Labute approximate surface area is 158 Å². The molecule has 1 N–H and O–H groups in total. The number of piperidine rings is 2. The van der Waals surface area contributed by atoms with Gasteiger partial charge in [-0.2, -0.15) is 0 Å². The smallest absolute Gasteiger partial charge is 0.293 e. The molecule has 0 spiro atoms. The molecule has 0 aromatic carbocycles. The second-order valence-electron chi connectivity index (χ2n) is 7.41. The van der Waals surface area contributed by atoms with Crippen molar-refractivity contribution in [3.05, 3.63) is 41.6 Å². The molecule has 0 saturated carbocycles. The predicted molar refractivity (Wildman–Crippen MR) is 97.6 cm³/mol. The summed E-state index contributed by atoms with van der Waals surface area (Å²) in [7, 11) is 0. The van der Waals surface area contributed by atoms with Gasteiger partial charge in [-0.25, -0.2) is 0 Å². The van der Waals surface area contributed by atoms with Gasteiger partial charge >= 0.3 is 0 Å². The Balaban J connectivity index is 1.46. The molecule has 0 radical (unpaired) electrons. The number of carbonyl (C=O) groups excluding carboxylic acids is 2. The summed E-state index contributed by atoms with van der Waals surface area (Å²) in [4.78, 5) is 31.5. The number of carbonyl (C=O) groups is 2. The number of rotatable bonds is 3. The Kier molecular flexibility index (Phi) is 5.01. The van der Waals surface area contributed by atoms with Crippen LogP contribution in [0.15, 0.2) is 36.0 Å². The molecule has 2 bridgehead atoms. The molecular formula is C20H25N3O4. The van der Waals surface area contributed by atoms with E-state index in [1.807, 2.05) is 4.90 Å². The van der Waals surface area contributed by atoms with Gasteiger partial charge in [0.1, 0.15) is 19.0 Å². The van der Waals surface area contributed by atoms with Crippen molar-refractivity contribution in [1.29, 1.82) is 0 Å². The lowest BCUT2D eigenvalue weighted by molar-refractivity contribution is -0.142. The minimum absolute atomic E-state index is 0.0687. The second kappa shape index (κ2) is 7.58. The highest BCUT2D eigenvalue weighted by molar-refractivity contribution is 5.94. The fraction of sp³-hybridized carbons (Fsp3) is 0.550. The number of nitrogens with zero attached hydrogens (tertiary/aromatic N) is 2. The van der Waals surface area contributed by atoms with E-state index < -0.39 is 0 Å². The average molecular weight is 371 g/mol. The molecule has 3 atom stereocenters. The topological polar surface area (TPSA) is 80.8 Å². The molecule has 2 amide bonds. The van der Waals surface area contributed by atoms with Crippen molar-refractivity contribution in [2.75, 3.05) is 13.2 Å². The fourth-order valence-corrected chi connectivity index (χ4v) is 4.44. The lowest BCUT2D eigenvalue weighted by Gasteiger charge is -2.49. The molecule has 1 aromatic heterocycles. The maximum atomic E-state index is 13.1. The van der Waals surface area contributed by atoms with Gasteiger partial charge < -0.3 is 19.7 Å². The largest absolute Gasteiger partial charge is 0.491 e. The summed E-state index contributed by atoms with van der Waals surface area (Å²) in [6.45, 7) is 2.68. The van der Waals surface area contributed by atoms with Crippen molar-refractivity contribution < 1.29 is 19.1 Å². The monoisotopic (exact) mass is 371 g/mol. The number of hydrogen-bond donors (Lipinski definition) is 1. The Hall–Kier alpha value is -2.57. The molecule has 1 aromatic rings. The zero-order chi connectivity index (χ0) is 18.8. The highest BCUT2D eigenvalue weighted by Crippen LogP contribution is 2.36. The van der Waals surface area contributed by atoms with E-state index in [0.29, 0.717) is 30.3 Å². The highest BCUT2D eigenvalue weighted by Gasteiger charge is 2.43. The lowest BCUT2D eigenvalue weighted by atomic mass is 9.81. The van der Waals surface area contributed by atoms with Crippen molar-refractivity contribution in [1.82, 2.24) is 15.2 Å². The maximum Gasteiger partial charge on any atom is 0.293 e. The molecule has 3 aliphatic rings.